The number of carbonyl (C=O) groups excluding carboxylic acids is 3. The number of imide groups is 1. The van der Waals surface area contributed by atoms with Crippen molar-refractivity contribution in [1.82, 2.24) is 15.1 Å². The highest BCUT2D eigenvalue weighted by Gasteiger charge is 2.23. The molecule has 0 saturated carbocycles. The number of benzene rings is 3. The van der Waals surface area contributed by atoms with Crippen LogP contribution in [-0.4, -0.2) is 60.1 Å². The van der Waals surface area contributed by atoms with E-state index in [9.17, 15) is 14.4 Å². The molecule has 202 valence electrons. The number of urea groups is 1. The number of hydrogen-bond donors (Lipinski definition) is 1. The molecule has 0 aliphatic carbocycles. The third kappa shape index (κ3) is 9.71. The number of amides is 4. The van der Waals surface area contributed by atoms with Gasteiger partial charge in [-0.2, -0.15) is 11.8 Å². The summed E-state index contributed by atoms with van der Waals surface area (Å²) >= 11 is 1.85. The van der Waals surface area contributed by atoms with E-state index in [0.29, 0.717) is 25.1 Å². The lowest BCUT2D eigenvalue weighted by atomic mass is 10.0. The van der Waals surface area contributed by atoms with Gasteiger partial charge in [-0.05, 0) is 55.3 Å². The van der Waals surface area contributed by atoms with Crippen LogP contribution in [0.5, 0.6) is 0 Å². The molecule has 3 aromatic carbocycles. The van der Waals surface area contributed by atoms with E-state index in [1.165, 1.54) is 10.5 Å². The molecule has 0 aliphatic rings. The van der Waals surface area contributed by atoms with E-state index >= 15 is 0 Å². The van der Waals surface area contributed by atoms with Crippen molar-refractivity contribution in [3.63, 3.8) is 0 Å². The smallest absolute Gasteiger partial charge is 0.324 e. The predicted molar refractivity (Wildman–Crippen MR) is 158 cm³/mol. The highest BCUT2D eigenvalue weighted by atomic mass is 32.2. The summed E-state index contributed by atoms with van der Waals surface area (Å²) in [5.41, 5.74) is 3.75. The van der Waals surface area contributed by atoms with Crippen LogP contribution in [0.3, 0.4) is 0 Å². The van der Waals surface area contributed by atoms with E-state index in [-0.39, 0.29) is 24.9 Å². The first-order valence-electron chi connectivity index (χ1n) is 13.0. The SMILES string of the molecule is CCCN(C(=O)NCC(=O)N(CC)CC)C(=O)c1cccc(-c2ccccc2)c1.CSCc1ccccc1. The lowest BCUT2D eigenvalue weighted by Gasteiger charge is -2.23. The van der Waals surface area contributed by atoms with E-state index in [4.69, 9.17) is 0 Å². The molecular weight excluding hydrogens is 494 g/mol. The highest BCUT2D eigenvalue weighted by Crippen LogP contribution is 2.21. The summed E-state index contributed by atoms with van der Waals surface area (Å²) in [5.74, 6) is 0.580. The van der Waals surface area contributed by atoms with Crippen molar-refractivity contribution in [2.45, 2.75) is 32.9 Å². The molecule has 0 heterocycles. The minimum absolute atomic E-state index is 0.127. The maximum atomic E-state index is 13.0. The first kappa shape index (κ1) is 30.6. The van der Waals surface area contributed by atoms with Crippen LogP contribution >= 0.6 is 11.8 Å². The fourth-order valence-electron chi connectivity index (χ4n) is 3.81. The first-order chi connectivity index (χ1) is 18.4. The molecule has 0 spiro atoms. The van der Waals surface area contributed by atoms with Crippen LogP contribution in [0.1, 0.15) is 43.1 Å². The Bertz CT molecular complexity index is 1140. The Morgan fingerprint density at radius 2 is 1.39 bits per heavy atom. The van der Waals surface area contributed by atoms with E-state index in [1.54, 1.807) is 17.0 Å². The molecule has 0 unspecified atom stereocenters. The zero-order valence-electron chi connectivity index (χ0n) is 22.9. The predicted octanol–water partition coefficient (Wildman–Crippen LogP) is 6.33. The third-order valence-corrected chi connectivity index (χ3v) is 6.44. The molecule has 0 saturated heterocycles. The van der Waals surface area contributed by atoms with Crippen LogP contribution in [0.15, 0.2) is 84.9 Å². The van der Waals surface area contributed by atoms with Gasteiger partial charge in [0.2, 0.25) is 5.91 Å². The van der Waals surface area contributed by atoms with Gasteiger partial charge in [0.05, 0.1) is 6.54 Å². The van der Waals surface area contributed by atoms with Crippen molar-refractivity contribution >= 4 is 29.6 Å². The monoisotopic (exact) mass is 533 g/mol. The Morgan fingerprint density at radius 1 is 0.789 bits per heavy atom. The van der Waals surface area contributed by atoms with Crippen molar-refractivity contribution in [3.05, 3.63) is 96.1 Å². The summed E-state index contributed by atoms with van der Waals surface area (Å²) in [6, 6.07) is 26.9. The molecule has 3 aromatic rings. The number of thioether (sulfide) groups is 1. The second kappa shape index (κ2) is 17.0. The summed E-state index contributed by atoms with van der Waals surface area (Å²) in [5, 5.41) is 2.59. The van der Waals surface area contributed by atoms with E-state index in [0.717, 1.165) is 16.9 Å². The quantitative estimate of drug-likeness (QED) is 0.330. The number of nitrogens with zero attached hydrogens (tertiary/aromatic N) is 2. The Kier molecular flexibility index (Phi) is 13.7. The van der Waals surface area contributed by atoms with Crippen molar-refractivity contribution in [1.29, 1.82) is 0 Å². The average molecular weight is 534 g/mol. The van der Waals surface area contributed by atoms with E-state index in [1.807, 2.05) is 81.1 Å². The maximum absolute atomic E-state index is 13.0. The van der Waals surface area contributed by atoms with Crippen LogP contribution in [0, 0.1) is 0 Å². The zero-order valence-corrected chi connectivity index (χ0v) is 23.7. The Hall–Kier alpha value is -3.58. The molecule has 1 N–H and O–H groups in total. The van der Waals surface area contributed by atoms with Crippen LogP contribution in [0.4, 0.5) is 4.79 Å². The lowest BCUT2D eigenvalue weighted by Crippen LogP contribution is -2.48. The molecule has 0 radical (unpaired) electrons. The van der Waals surface area contributed by atoms with Gasteiger partial charge < -0.3 is 10.2 Å². The van der Waals surface area contributed by atoms with Crippen LogP contribution in [-0.2, 0) is 10.5 Å². The van der Waals surface area contributed by atoms with Crippen molar-refractivity contribution < 1.29 is 14.4 Å². The average Bonchev–Trinajstić information content (AvgIpc) is 2.96. The van der Waals surface area contributed by atoms with Gasteiger partial charge in [0, 0.05) is 31.0 Å². The van der Waals surface area contributed by atoms with Gasteiger partial charge in [-0.25, -0.2) is 4.79 Å². The van der Waals surface area contributed by atoms with Crippen molar-refractivity contribution in [3.8, 4) is 11.1 Å². The van der Waals surface area contributed by atoms with Crippen LogP contribution in [0.2, 0.25) is 0 Å². The second-order valence-electron chi connectivity index (χ2n) is 8.55. The molecule has 0 fully saturated rings. The number of hydrogen-bond acceptors (Lipinski definition) is 4. The van der Waals surface area contributed by atoms with E-state index in [2.05, 4.69) is 35.8 Å². The number of carbonyl (C=O) groups is 3. The first-order valence-corrected chi connectivity index (χ1v) is 14.4. The fourth-order valence-corrected chi connectivity index (χ4v) is 4.34. The summed E-state index contributed by atoms with van der Waals surface area (Å²) in [4.78, 5) is 40.6. The van der Waals surface area contributed by atoms with Gasteiger partial charge in [-0.1, -0.05) is 79.7 Å². The normalized spacial score (nSPS) is 10.1. The molecule has 6 nitrogen and oxygen atoms in total. The standard InChI is InChI=1S/C23H29N3O3.C8H10S/c1-4-15-26(23(29)24-17-21(27)25(5-2)6-3)22(28)20-14-10-13-19(16-20)18-11-8-7-9-12-18;1-9-7-8-5-3-2-4-6-8/h7-14,16H,4-6,15,17H2,1-3H3,(H,24,29);2-6H,7H2,1H3. The molecule has 7 heteroatoms. The minimum Gasteiger partial charge on any atom is -0.342 e. The van der Waals surface area contributed by atoms with Crippen molar-refractivity contribution in [2.75, 3.05) is 32.4 Å². The molecule has 0 aromatic heterocycles. The highest BCUT2D eigenvalue weighted by molar-refractivity contribution is 7.97. The molecule has 38 heavy (non-hydrogen) atoms. The second-order valence-corrected chi connectivity index (χ2v) is 9.41. The molecular formula is C31H39N3O3S. The molecule has 0 aliphatic heterocycles. The lowest BCUT2D eigenvalue weighted by molar-refractivity contribution is -0.129. The maximum Gasteiger partial charge on any atom is 0.324 e. The fraction of sp³-hybridized carbons (Fsp3) is 0.323. The summed E-state index contributed by atoms with van der Waals surface area (Å²) < 4.78 is 0. The summed E-state index contributed by atoms with van der Waals surface area (Å²) in [6.45, 7) is 6.97. The van der Waals surface area contributed by atoms with E-state index < -0.39 is 6.03 Å². The van der Waals surface area contributed by atoms with Crippen LogP contribution in [0.25, 0.3) is 11.1 Å². The molecule has 3 rings (SSSR count). The van der Waals surface area contributed by atoms with Gasteiger partial charge in [0.1, 0.15) is 0 Å². The van der Waals surface area contributed by atoms with Gasteiger partial charge >= 0.3 is 6.03 Å². The summed E-state index contributed by atoms with van der Waals surface area (Å²) in [6.07, 6.45) is 2.74. The van der Waals surface area contributed by atoms with Crippen LogP contribution < -0.4 is 5.32 Å². The Labute approximate surface area is 231 Å². The number of rotatable bonds is 10. The number of likely N-dealkylation sites (N-methyl/N-ethyl adjacent to an activating group) is 1. The number of nitrogens with one attached hydrogen (secondary N) is 1. The largest absolute Gasteiger partial charge is 0.342 e. The Balaban J connectivity index is 0.000000474. The van der Waals surface area contributed by atoms with Gasteiger partial charge in [0.25, 0.3) is 5.91 Å². The molecule has 0 atom stereocenters. The van der Waals surface area contributed by atoms with Gasteiger partial charge in [-0.15, -0.1) is 0 Å². The Morgan fingerprint density at radius 3 is 1.97 bits per heavy atom. The topological polar surface area (TPSA) is 69.7 Å². The van der Waals surface area contributed by atoms with Gasteiger partial charge in [-0.3, -0.25) is 14.5 Å². The summed E-state index contributed by atoms with van der Waals surface area (Å²) in [7, 11) is 0. The minimum atomic E-state index is -0.553. The zero-order chi connectivity index (χ0) is 27.8. The molecule has 4 amide bonds. The molecule has 0 bridgehead atoms. The van der Waals surface area contributed by atoms with Gasteiger partial charge in [0.15, 0.2) is 0 Å². The third-order valence-electron chi connectivity index (χ3n) is 5.81. The van der Waals surface area contributed by atoms with Crippen molar-refractivity contribution in [2.24, 2.45) is 0 Å².